The number of nitro groups is 1. The largest absolute Gasteiger partial charge is 0.299 e. The van der Waals surface area contributed by atoms with Crippen LogP contribution in [0.25, 0.3) is 23.8 Å². The number of rotatable bonds is 4. The van der Waals surface area contributed by atoms with Gasteiger partial charge in [0.15, 0.2) is 0 Å². The van der Waals surface area contributed by atoms with E-state index >= 15 is 0 Å². The van der Waals surface area contributed by atoms with Crippen molar-refractivity contribution in [2.45, 2.75) is 12.8 Å². The SMILES string of the molecule is Cl.O=[N+]([O-])c1ccccc1C=CCN1CCC(=C2c3ccccc3C=Cc3ccccc32)CC1. The van der Waals surface area contributed by atoms with Crippen LogP contribution in [0.5, 0.6) is 0 Å². The molecule has 3 aromatic rings. The molecular weight excluding hydrogens is 444 g/mol. The fourth-order valence-electron chi connectivity index (χ4n) is 4.82. The number of fused-ring (bicyclic) bond motifs is 2. The van der Waals surface area contributed by atoms with Crippen molar-refractivity contribution < 1.29 is 4.92 Å². The Labute approximate surface area is 206 Å². The molecule has 4 nitrogen and oxygen atoms in total. The molecule has 2 aliphatic rings. The van der Waals surface area contributed by atoms with Gasteiger partial charge < -0.3 is 0 Å². The predicted octanol–water partition coefficient (Wildman–Crippen LogP) is 7.11. The van der Waals surface area contributed by atoms with Crippen LogP contribution in [0.1, 0.15) is 40.7 Å². The first kappa shape index (κ1) is 23.7. The van der Waals surface area contributed by atoms with Gasteiger partial charge in [-0.2, -0.15) is 0 Å². The summed E-state index contributed by atoms with van der Waals surface area (Å²) >= 11 is 0. The first-order chi connectivity index (χ1) is 16.2. The molecule has 5 rings (SSSR count). The molecule has 172 valence electrons. The minimum atomic E-state index is -0.323. The van der Waals surface area contributed by atoms with Crippen molar-refractivity contribution in [1.29, 1.82) is 0 Å². The molecule has 1 fully saturated rings. The lowest BCUT2D eigenvalue weighted by Gasteiger charge is -2.29. The molecule has 0 bridgehead atoms. The fraction of sp³-hybridized carbons (Fsp3) is 0.172. The van der Waals surface area contributed by atoms with E-state index < -0.39 is 0 Å². The van der Waals surface area contributed by atoms with Crippen LogP contribution in [-0.4, -0.2) is 29.5 Å². The van der Waals surface area contributed by atoms with E-state index in [9.17, 15) is 10.1 Å². The molecule has 0 amide bonds. The fourth-order valence-corrected chi connectivity index (χ4v) is 4.82. The Balaban J connectivity index is 0.00000274. The van der Waals surface area contributed by atoms with Crippen molar-refractivity contribution in [2.75, 3.05) is 19.6 Å². The van der Waals surface area contributed by atoms with Gasteiger partial charge in [-0.15, -0.1) is 12.4 Å². The number of piperidine rings is 1. The van der Waals surface area contributed by atoms with Crippen LogP contribution in [-0.2, 0) is 0 Å². The van der Waals surface area contributed by atoms with Gasteiger partial charge in [0.1, 0.15) is 0 Å². The minimum Gasteiger partial charge on any atom is -0.299 e. The third-order valence-corrected chi connectivity index (χ3v) is 6.51. The summed E-state index contributed by atoms with van der Waals surface area (Å²) < 4.78 is 0. The first-order valence-electron chi connectivity index (χ1n) is 11.4. The summed E-state index contributed by atoms with van der Waals surface area (Å²) in [6.45, 7) is 2.76. The first-order valence-corrected chi connectivity index (χ1v) is 11.4. The second-order valence-electron chi connectivity index (χ2n) is 8.51. The molecule has 3 aromatic carbocycles. The van der Waals surface area contributed by atoms with E-state index in [1.165, 1.54) is 33.4 Å². The molecule has 1 aliphatic carbocycles. The average Bonchev–Trinajstić information content (AvgIpc) is 3.02. The maximum absolute atomic E-state index is 11.2. The summed E-state index contributed by atoms with van der Waals surface area (Å²) in [5, 5.41) is 11.2. The van der Waals surface area contributed by atoms with E-state index in [0.717, 1.165) is 32.5 Å². The number of benzene rings is 3. The average molecular weight is 471 g/mol. The van der Waals surface area contributed by atoms with Gasteiger partial charge in [-0.25, -0.2) is 0 Å². The van der Waals surface area contributed by atoms with Crippen LogP contribution in [0.15, 0.2) is 84.4 Å². The van der Waals surface area contributed by atoms with Crippen molar-refractivity contribution >= 4 is 41.9 Å². The Morgan fingerprint density at radius 3 is 2.00 bits per heavy atom. The van der Waals surface area contributed by atoms with Crippen LogP contribution in [0.3, 0.4) is 0 Å². The smallest absolute Gasteiger partial charge is 0.276 e. The van der Waals surface area contributed by atoms with E-state index in [1.54, 1.807) is 18.2 Å². The summed E-state index contributed by atoms with van der Waals surface area (Å²) in [5.41, 5.74) is 8.88. The molecule has 1 saturated heterocycles. The van der Waals surface area contributed by atoms with Gasteiger partial charge in [-0.05, 0) is 46.7 Å². The lowest BCUT2D eigenvalue weighted by atomic mass is 9.86. The zero-order chi connectivity index (χ0) is 22.6. The Bertz CT molecular complexity index is 1230. The van der Waals surface area contributed by atoms with E-state index in [-0.39, 0.29) is 23.0 Å². The lowest BCUT2D eigenvalue weighted by molar-refractivity contribution is -0.385. The van der Waals surface area contributed by atoms with Gasteiger partial charge in [0.05, 0.1) is 10.5 Å². The van der Waals surface area contributed by atoms with Crippen molar-refractivity contribution in [2.24, 2.45) is 0 Å². The van der Waals surface area contributed by atoms with Crippen LogP contribution >= 0.6 is 12.4 Å². The van der Waals surface area contributed by atoms with Gasteiger partial charge >= 0.3 is 0 Å². The highest BCUT2D eigenvalue weighted by Gasteiger charge is 2.22. The lowest BCUT2D eigenvalue weighted by Crippen LogP contribution is -2.31. The van der Waals surface area contributed by atoms with Crippen molar-refractivity contribution in [1.82, 2.24) is 4.90 Å². The molecule has 0 N–H and O–H groups in total. The Hall–Kier alpha value is -3.47. The number of nitro benzene ring substituents is 1. The van der Waals surface area contributed by atoms with Gasteiger partial charge in [-0.3, -0.25) is 15.0 Å². The molecule has 0 radical (unpaired) electrons. The van der Waals surface area contributed by atoms with E-state index in [2.05, 4.69) is 65.6 Å². The molecule has 34 heavy (non-hydrogen) atoms. The molecule has 0 unspecified atom stereocenters. The second-order valence-corrected chi connectivity index (χ2v) is 8.51. The third-order valence-electron chi connectivity index (χ3n) is 6.51. The quantitative estimate of drug-likeness (QED) is 0.236. The van der Waals surface area contributed by atoms with Gasteiger partial charge in [0.2, 0.25) is 0 Å². The molecule has 0 spiro atoms. The molecule has 0 atom stereocenters. The van der Waals surface area contributed by atoms with Crippen molar-refractivity contribution in [3.05, 3.63) is 122 Å². The summed E-state index contributed by atoms with van der Waals surface area (Å²) in [7, 11) is 0. The highest BCUT2D eigenvalue weighted by molar-refractivity contribution is 5.94. The van der Waals surface area contributed by atoms with Crippen LogP contribution in [0.4, 0.5) is 5.69 Å². The third kappa shape index (κ3) is 4.89. The Morgan fingerprint density at radius 2 is 1.38 bits per heavy atom. The molecule has 5 heteroatoms. The van der Waals surface area contributed by atoms with E-state index in [0.29, 0.717) is 5.56 Å². The zero-order valence-electron chi connectivity index (χ0n) is 18.9. The van der Waals surface area contributed by atoms with Crippen LogP contribution < -0.4 is 0 Å². The summed E-state index contributed by atoms with van der Waals surface area (Å²) in [4.78, 5) is 13.3. The molecule has 0 aromatic heterocycles. The maximum Gasteiger partial charge on any atom is 0.276 e. The second kappa shape index (κ2) is 10.6. The van der Waals surface area contributed by atoms with Crippen LogP contribution in [0.2, 0.25) is 0 Å². The number of halogens is 1. The minimum absolute atomic E-state index is 0. The summed E-state index contributed by atoms with van der Waals surface area (Å²) in [6.07, 6.45) is 10.4. The maximum atomic E-state index is 11.2. The van der Waals surface area contributed by atoms with Gasteiger partial charge in [0, 0.05) is 25.7 Å². The molecular formula is C29H27ClN2O2. The predicted molar refractivity (Wildman–Crippen MR) is 143 cm³/mol. The monoisotopic (exact) mass is 470 g/mol. The number of hydrogen-bond acceptors (Lipinski definition) is 3. The number of para-hydroxylation sites is 1. The van der Waals surface area contributed by atoms with Crippen LogP contribution in [0, 0.1) is 10.1 Å². The van der Waals surface area contributed by atoms with E-state index in [4.69, 9.17) is 0 Å². The Kier molecular flexibility index (Phi) is 7.41. The Morgan fingerprint density at radius 1 is 0.824 bits per heavy atom. The van der Waals surface area contributed by atoms with Gasteiger partial charge in [-0.1, -0.05) is 90.5 Å². The number of nitrogens with zero attached hydrogens (tertiary/aromatic N) is 2. The number of hydrogen-bond donors (Lipinski definition) is 0. The summed E-state index contributed by atoms with van der Waals surface area (Å²) in [6, 6.07) is 24.2. The molecule has 1 aliphatic heterocycles. The highest BCUT2D eigenvalue weighted by atomic mass is 35.5. The van der Waals surface area contributed by atoms with Crippen molar-refractivity contribution in [3.8, 4) is 0 Å². The standard InChI is InChI=1S/C29H26N2O2.ClH/c32-31(33)28-14-6-3-10-24(28)11-7-19-30-20-17-25(18-21-30)29-26-12-4-1-8-22(26)15-16-23-9-2-5-13-27(23)29;/h1-16H,17-21H2;1H. The topological polar surface area (TPSA) is 46.4 Å². The zero-order valence-corrected chi connectivity index (χ0v) is 19.7. The van der Waals surface area contributed by atoms with E-state index in [1.807, 2.05) is 18.2 Å². The summed E-state index contributed by atoms with van der Waals surface area (Å²) in [5.74, 6) is 0. The highest BCUT2D eigenvalue weighted by Crippen LogP contribution is 2.38. The normalized spacial score (nSPS) is 15.4. The molecule has 1 heterocycles. The molecule has 0 saturated carbocycles. The number of likely N-dealkylation sites (tertiary alicyclic amines) is 1. The van der Waals surface area contributed by atoms with Gasteiger partial charge in [0.25, 0.3) is 5.69 Å². The van der Waals surface area contributed by atoms with Crippen molar-refractivity contribution in [3.63, 3.8) is 0 Å².